The summed E-state index contributed by atoms with van der Waals surface area (Å²) >= 11 is 0. The lowest BCUT2D eigenvalue weighted by Crippen LogP contribution is -2.37. The van der Waals surface area contributed by atoms with Crippen LogP contribution in [0.15, 0.2) is 0 Å². The van der Waals surface area contributed by atoms with E-state index in [-0.39, 0.29) is 6.10 Å². The van der Waals surface area contributed by atoms with Gasteiger partial charge in [-0.15, -0.1) is 0 Å². The van der Waals surface area contributed by atoms with Crippen LogP contribution in [-0.2, 0) is 0 Å². The second kappa shape index (κ2) is 3.98. The van der Waals surface area contributed by atoms with E-state index in [2.05, 4.69) is 20.8 Å². The number of aliphatic hydroxyl groups is 1. The molecule has 0 amide bonds. The third-order valence-electron chi connectivity index (χ3n) is 6.82. The monoisotopic (exact) mass is 236 g/mol. The number of hydrogen-bond acceptors (Lipinski definition) is 1. The van der Waals surface area contributed by atoms with Gasteiger partial charge in [0.25, 0.3) is 0 Å². The van der Waals surface area contributed by atoms with Gasteiger partial charge in [-0.1, -0.05) is 27.2 Å². The van der Waals surface area contributed by atoms with Gasteiger partial charge in [0.1, 0.15) is 0 Å². The van der Waals surface area contributed by atoms with Crippen LogP contribution in [0.5, 0.6) is 0 Å². The molecule has 0 saturated heterocycles. The first kappa shape index (κ1) is 12.0. The molecule has 0 aromatic carbocycles. The average molecular weight is 236 g/mol. The summed E-state index contributed by atoms with van der Waals surface area (Å²) in [6.45, 7) is 7.44. The van der Waals surface area contributed by atoms with Crippen molar-refractivity contribution < 1.29 is 5.11 Å². The Labute approximate surface area is 106 Å². The first-order valence-corrected chi connectivity index (χ1v) is 7.68. The third-order valence-corrected chi connectivity index (χ3v) is 6.82. The SMILES string of the molecule is C[C@@H]1[C@@H]2C[C@@H](C[C@H]2[C@H]2CCC[C@@H](O)C2)C1(C)C. The summed E-state index contributed by atoms with van der Waals surface area (Å²) in [4.78, 5) is 0. The van der Waals surface area contributed by atoms with E-state index in [0.717, 1.165) is 42.4 Å². The van der Waals surface area contributed by atoms with Crippen LogP contribution in [0, 0.1) is 35.0 Å². The first-order chi connectivity index (χ1) is 8.00. The summed E-state index contributed by atoms with van der Waals surface area (Å²) in [6.07, 6.45) is 7.75. The normalized spacial score (nSPS) is 52.9. The summed E-state index contributed by atoms with van der Waals surface area (Å²) in [5.41, 5.74) is 0.578. The van der Waals surface area contributed by atoms with E-state index in [4.69, 9.17) is 0 Å². The molecule has 17 heavy (non-hydrogen) atoms. The van der Waals surface area contributed by atoms with Crippen molar-refractivity contribution in [1.29, 1.82) is 0 Å². The molecule has 0 spiro atoms. The highest BCUT2D eigenvalue weighted by Crippen LogP contribution is 2.63. The van der Waals surface area contributed by atoms with Crippen molar-refractivity contribution in [3.63, 3.8) is 0 Å². The van der Waals surface area contributed by atoms with Crippen LogP contribution < -0.4 is 0 Å². The van der Waals surface area contributed by atoms with Crippen molar-refractivity contribution >= 4 is 0 Å². The average Bonchev–Trinajstić information content (AvgIpc) is 2.79. The molecular formula is C16H28O. The molecule has 0 aromatic heterocycles. The van der Waals surface area contributed by atoms with Gasteiger partial charge in [-0.25, -0.2) is 0 Å². The maximum Gasteiger partial charge on any atom is 0.0543 e. The van der Waals surface area contributed by atoms with Gasteiger partial charge in [0.2, 0.25) is 0 Å². The summed E-state index contributed by atoms with van der Waals surface area (Å²) in [7, 11) is 0. The maximum absolute atomic E-state index is 9.88. The fourth-order valence-corrected chi connectivity index (χ4v) is 5.34. The molecule has 0 aromatic rings. The Kier molecular flexibility index (Phi) is 2.81. The zero-order valence-electron chi connectivity index (χ0n) is 11.7. The summed E-state index contributed by atoms with van der Waals surface area (Å²) in [5, 5.41) is 9.88. The van der Waals surface area contributed by atoms with E-state index in [1.807, 2.05) is 0 Å². The minimum atomic E-state index is 0.0104. The minimum absolute atomic E-state index is 0.0104. The molecule has 3 aliphatic rings. The van der Waals surface area contributed by atoms with Gasteiger partial charge >= 0.3 is 0 Å². The van der Waals surface area contributed by atoms with Gasteiger partial charge in [-0.3, -0.25) is 0 Å². The highest BCUT2D eigenvalue weighted by Gasteiger charge is 2.56. The van der Waals surface area contributed by atoms with Gasteiger partial charge in [-0.05, 0) is 67.1 Å². The number of hydrogen-bond donors (Lipinski definition) is 1. The molecule has 3 aliphatic carbocycles. The van der Waals surface area contributed by atoms with Crippen LogP contribution in [-0.4, -0.2) is 11.2 Å². The molecule has 2 bridgehead atoms. The Balaban J connectivity index is 1.72. The summed E-state index contributed by atoms with van der Waals surface area (Å²) in [5.74, 6) is 4.60. The second-order valence-electron chi connectivity index (χ2n) is 7.69. The topological polar surface area (TPSA) is 20.2 Å². The molecule has 1 N–H and O–H groups in total. The Morgan fingerprint density at radius 3 is 2.29 bits per heavy atom. The largest absolute Gasteiger partial charge is 0.393 e. The highest BCUT2D eigenvalue weighted by molar-refractivity contribution is 5.05. The van der Waals surface area contributed by atoms with Gasteiger partial charge in [-0.2, -0.15) is 0 Å². The van der Waals surface area contributed by atoms with Crippen LogP contribution in [0.3, 0.4) is 0 Å². The van der Waals surface area contributed by atoms with Crippen molar-refractivity contribution in [2.24, 2.45) is 35.0 Å². The van der Waals surface area contributed by atoms with Gasteiger partial charge in [0.05, 0.1) is 6.10 Å². The predicted octanol–water partition coefficient (Wildman–Crippen LogP) is 3.86. The van der Waals surface area contributed by atoms with E-state index in [0.29, 0.717) is 5.41 Å². The quantitative estimate of drug-likeness (QED) is 0.733. The highest BCUT2D eigenvalue weighted by atomic mass is 16.3. The molecule has 0 radical (unpaired) electrons. The number of aliphatic hydroxyl groups excluding tert-OH is 1. The van der Waals surface area contributed by atoms with Gasteiger partial charge in [0.15, 0.2) is 0 Å². The van der Waals surface area contributed by atoms with E-state index in [9.17, 15) is 5.11 Å². The lowest BCUT2D eigenvalue weighted by Gasteiger charge is -2.44. The minimum Gasteiger partial charge on any atom is -0.393 e. The zero-order chi connectivity index (χ0) is 12.2. The molecule has 1 nitrogen and oxygen atoms in total. The van der Waals surface area contributed by atoms with Crippen molar-refractivity contribution in [2.45, 2.75) is 65.4 Å². The zero-order valence-corrected chi connectivity index (χ0v) is 11.7. The molecule has 6 atom stereocenters. The van der Waals surface area contributed by atoms with Gasteiger partial charge in [0, 0.05) is 0 Å². The second-order valence-corrected chi connectivity index (χ2v) is 7.69. The lowest BCUT2D eigenvalue weighted by molar-refractivity contribution is 0.0247. The van der Waals surface area contributed by atoms with E-state index < -0.39 is 0 Å². The van der Waals surface area contributed by atoms with Crippen molar-refractivity contribution in [2.75, 3.05) is 0 Å². The Bertz CT molecular complexity index is 292. The van der Waals surface area contributed by atoms with Crippen LogP contribution in [0.2, 0.25) is 0 Å². The molecule has 3 fully saturated rings. The van der Waals surface area contributed by atoms with Crippen molar-refractivity contribution in [3.8, 4) is 0 Å². The molecule has 3 rings (SSSR count). The van der Waals surface area contributed by atoms with Crippen LogP contribution in [0.25, 0.3) is 0 Å². The smallest absolute Gasteiger partial charge is 0.0543 e. The van der Waals surface area contributed by atoms with Crippen molar-refractivity contribution in [1.82, 2.24) is 0 Å². The first-order valence-electron chi connectivity index (χ1n) is 7.68. The van der Waals surface area contributed by atoms with Crippen LogP contribution in [0.1, 0.15) is 59.3 Å². The third kappa shape index (κ3) is 1.77. The lowest BCUT2D eigenvalue weighted by atomic mass is 9.62. The molecular weight excluding hydrogens is 208 g/mol. The molecule has 0 heterocycles. The fraction of sp³-hybridized carbons (Fsp3) is 1.00. The molecule has 98 valence electrons. The maximum atomic E-state index is 9.88. The van der Waals surface area contributed by atoms with E-state index in [1.165, 1.54) is 25.7 Å². The molecule has 1 heteroatoms. The fourth-order valence-electron chi connectivity index (χ4n) is 5.34. The predicted molar refractivity (Wildman–Crippen MR) is 70.6 cm³/mol. The van der Waals surface area contributed by atoms with E-state index >= 15 is 0 Å². The summed E-state index contributed by atoms with van der Waals surface area (Å²) in [6, 6.07) is 0. The van der Waals surface area contributed by atoms with Gasteiger partial charge < -0.3 is 5.11 Å². The summed E-state index contributed by atoms with van der Waals surface area (Å²) < 4.78 is 0. The number of fused-ring (bicyclic) bond motifs is 2. The number of rotatable bonds is 1. The van der Waals surface area contributed by atoms with E-state index in [1.54, 1.807) is 0 Å². The van der Waals surface area contributed by atoms with Crippen LogP contribution >= 0.6 is 0 Å². The van der Waals surface area contributed by atoms with Crippen LogP contribution in [0.4, 0.5) is 0 Å². The Hall–Kier alpha value is -0.0400. The molecule has 0 unspecified atom stereocenters. The van der Waals surface area contributed by atoms with Crippen molar-refractivity contribution in [3.05, 3.63) is 0 Å². The Morgan fingerprint density at radius 1 is 1.00 bits per heavy atom. The molecule has 3 saturated carbocycles. The Morgan fingerprint density at radius 2 is 1.71 bits per heavy atom. The molecule has 0 aliphatic heterocycles. The standard InChI is InChI=1S/C16H28O/c1-10-14-8-12(16(10,2)3)9-15(14)11-5-4-6-13(17)7-11/h10-15,17H,4-9H2,1-3H3/t10-,11+,12+,13-,14+,15+/m1/s1.